The number of hydrogen-bond acceptors (Lipinski definition) is 7. The lowest BCUT2D eigenvalue weighted by molar-refractivity contribution is -0.152. The second-order valence-electron chi connectivity index (χ2n) is 9.64. The third-order valence-electron chi connectivity index (χ3n) is 6.48. The molecule has 1 aliphatic carbocycles. The second-order valence-corrected chi connectivity index (χ2v) is 9.64. The number of piperidine rings is 1. The fourth-order valence-corrected chi connectivity index (χ4v) is 4.95. The Hall–Kier alpha value is -3.08. The van der Waals surface area contributed by atoms with Crippen LogP contribution in [0.3, 0.4) is 0 Å². The second kappa shape index (κ2) is 8.05. The van der Waals surface area contributed by atoms with Gasteiger partial charge in [0.25, 0.3) is 5.91 Å². The monoisotopic (exact) mass is 462 g/mol. The number of fused-ring (bicyclic) bond motifs is 1. The van der Waals surface area contributed by atoms with Crippen LogP contribution in [0.25, 0.3) is 0 Å². The number of likely N-dealkylation sites (tertiary alicyclic amines) is 1. The zero-order chi connectivity index (χ0) is 24.1. The molecule has 4 rings (SSSR count). The number of halogens is 1. The van der Waals surface area contributed by atoms with Gasteiger partial charge in [-0.1, -0.05) is 0 Å². The number of ether oxygens (including phenoxy) is 1. The van der Waals surface area contributed by atoms with Crippen LogP contribution < -0.4 is 10.6 Å². The molecule has 4 aliphatic rings. The molecule has 0 spiro atoms. The van der Waals surface area contributed by atoms with Crippen molar-refractivity contribution < 1.29 is 33.1 Å². The van der Waals surface area contributed by atoms with Crippen LogP contribution in [0.1, 0.15) is 33.6 Å². The molecule has 10 nitrogen and oxygen atoms in total. The van der Waals surface area contributed by atoms with Crippen LogP contribution in [0.5, 0.6) is 0 Å². The minimum atomic E-state index is -1.95. The number of amides is 5. The standard InChI is InChI=1S/C22H27FN4O6/c1-21(2,3)27-18(30)15-13(23)6-7-22(16(15)19(27)31,12-4-5-14(28)25-17(12)29)33-20(32)26-10-8-24-9-11-26/h6-7,12,16,24H,4-5,8-11H2,1-3H3,(H,25,28,29). The highest BCUT2D eigenvalue weighted by Crippen LogP contribution is 2.50. The van der Waals surface area contributed by atoms with Crippen molar-refractivity contribution in [3.63, 3.8) is 0 Å². The van der Waals surface area contributed by atoms with E-state index in [1.807, 2.05) is 0 Å². The van der Waals surface area contributed by atoms with Crippen molar-refractivity contribution in [2.75, 3.05) is 26.2 Å². The molecule has 5 amide bonds. The number of carbonyl (C=O) groups excluding carboxylic acids is 5. The maximum absolute atomic E-state index is 15.0. The van der Waals surface area contributed by atoms with Gasteiger partial charge < -0.3 is 15.0 Å². The van der Waals surface area contributed by atoms with Crippen molar-refractivity contribution in [3.05, 3.63) is 23.6 Å². The Morgan fingerprint density at radius 2 is 1.85 bits per heavy atom. The lowest BCUT2D eigenvalue weighted by Gasteiger charge is -2.44. The summed E-state index contributed by atoms with van der Waals surface area (Å²) in [6.07, 6.45) is 1.32. The molecule has 3 heterocycles. The van der Waals surface area contributed by atoms with Crippen molar-refractivity contribution >= 4 is 29.7 Å². The van der Waals surface area contributed by atoms with Crippen LogP contribution in [-0.2, 0) is 23.9 Å². The minimum Gasteiger partial charge on any atom is -0.436 e. The topological polar surface area (TPSA) is 125 Å². The number of carbonyl (C=O) groups is 5. The van der Waals surface area contributed by atoms with Crippen molar-refractivity contribution in [2.24, 2.45) is 11.8 Å². The Morgan fingerprint density at radius 3 is 2.45 bits per heavy atom. The van der Waals surface area contributed by atoms with Crippen LogP contribution in [-0.4, -0.2) is 76.8 Å². The summed E-state index contributed by atoms with van der Waals surface area (Å²) in [5.74, 6) is -6.42. The fourth-order valence-electron chi connectivity index (χ4n) is 4.95. The lowest BCUT2D eigenvalue weighted by atomic mass is 9.68. The fraction of sp³-hybridized carbons (Fsp3) is 0.591. The number of rotatable bonds is 2. The Balaban J connectivity index is 1.82. The van der Waals surface area contributed by atoms with Crippen LogP contribution >= 0.6 is 0 Å². The first-order valence-corrected chi connectivity index (χ1v) is 11.0. The third-order valence-corrected chi connectivity index (χ3v) is 6.48. The summed E-state index contributed by atoms with van der Waals surface area (Å²) >= 11 is 0. The van der Waals surface area contributed by atoms with Crippen molar-refractivity contribution in [3.8, 4) is 0 Å². The van der Waals surface area contributed by atoms with E-state index in [0.717, 1.165) is 11.0 Å². The van der Waals surface area contributed by atoms with Gasteiger partial charge in [-0.2, -0.15) is 0 Å². The Kier molecular flexibility index (Phi) is 5.63. The average Bonchev–Trinajstić information content (AvgIpc) is 3.02. The van der Waals surface area contributed by atoms with Crippen LogP contribution in [0.2, 0.25) is 0 Å². The smallest absolute Gasteiger partial charge is 0.410 e. The molecule has 0 bridgehead atoms. The highest BCUT2D eigenvalue weighted by atomic mass is 19.1. The summed E-state index contributed by atoms with van der Waals surface area (Å²) in [6.45, 7) is 6.66. The molecule has 3 fully saturated rings. The third kappa shape index (κ3) is 3.73. The average molecular weight is 462 g/mol. The first kappa shape index (κ1) is 23.1. The normalized spacial score (nSPS) is 30.5. The van der Waals surface area contributed by atoms with Gasteiger partial charge in [-0.05, 0) is 39.3 Å². The van der Waals surface area contributed by atoms with Crippen LogP contribution in [0.15, 0.2) is 23.6 Å². The van der Waals surface area contributed by atoms with E-state index in [2.05, 4.69) is 10.6 Å². The number of allylic oxidation sites excluding steroid dienone is 2. The van der Waals surface area contributed by atoms with Gasteiger partial charge in [0, 0.05) is 38.1 Å². The minimum absolute atomic E-state index is 0.0216. The molecule has 0 radical (unpaired) electrons. The van der Waals surface area contributed by atoms with Crippen molar-refractivity contribution in [1.82, 2.24) is 20.4 Å². The summed E-state index contributed by atoms with van der Waals surface area (Å²) in [6, 6.07) is 0. The Labute approximate surface area is 190 Å². The van der Waals surface area contributed by atoms with Gasteiger partial charge in [-0.15, -0.1) is 0 Å². The number of imide groups is 2. The molecular formula is C22H27FN4O6. The van der Waals surface area contributed by atoms with Gasteiger partial charge in [0.15, 0.2) is 5.60 Å². The molecule has 11 heteroatoms. The van der Waals surface area contributed by atoms with E-state index < -0.39 is 64.1 Å². The van der Waals surface area contributed by atoms with Crippen molar-refractivity contribution in [2.45, 2.75) is 44.8 Å². The molecule has 2 N–H and O–H groups in total. The SMILES string of the molecule is CC(C)(C)N1C(=O)C2=C(F)C=CC(OC(=O)N3CCNCC3)(C3CCC(=O)NC3=O)C2C1=O. The summed E-state index contributed by atoms with van der Waals surface area (Å²) in [7, 11) is 0. The summed E-state index contributed by atoms with van der Waals surface area (Å²) < 4.78 is 20.9. The van der Waals surface area contributed by atoms with Gasteiger partial charge in [0.05, 0.1) is 11.5 Å². The van der Waals surface area contributed by atoms with Crippen LogP contribution in [0.4, 0.5) is 9.18 Å². The summed E-state index contributed by atoms with van der Waals surface area (Å²) in [4.78, 5) is 66.9. The summed E-state index contributed by atoms with van der Waals surface area (Å²) in [5, 5.41) is 5.33. The van der Waals surface area contributed by atoms with E-state index in [1.165, 1.54) is 11.0 Å². The molecular weight excluding hydrogens is 435 g/mol. The van der Waals surface area contributed by atoms with Gasteiger partial charge in [0.2, 0.25) is 17.7 Å². The molecule has 0 aromatic rings. The molecule has 0 saturated carbocycles. The highest BCUT2D eigenvalue weighted by molar-refractivity contribution is 6.17. The number of hydrogen-bond donors (Lipinski definition) is 2. The Morgan fingerprint density at radius 1 is 1.18 bits per heavy atom. The van der Waals surface area contributed by atoms with E-state index in [0.29, 0.717) is 26.2 Å². The predicted molar refractivity (Wildman–Crippen MR) is 112 cm³/mol. The van der Waals surface area contributed by atoms with Crippen molar-refractivity contribution in [1.29, 1.82) is 0 Å². The van der Waals surface area contributed by atoms with Crippen LogP contribution in [0, 0.1) is 11.8 Å². The molecule has 0 aromatic heterocycles. The molecule has 3 atom stereocenters. The van der Waals surface area contributed by atoms with E-state index in [4.69, 9.17) is 4.74 Å². The first-order chi connectivity index (χ1) is 15.5. The van der Waals surface area contributed by atoms with E-state index >= 15 is 0 Å². The number of nitrogens with one attached hydrogen (secondary N) is 2. The van der Waals surface area contributed by atoms with E-state index in [-0.39, 0.29) is 12.8 Å². The Bertz CT molecular complexity index is 993. The molecule has 3 unspecified atom stereocenters. The number of piperazine rings is 1. The molecule has 3 aliphatic heterocycles. The summed E-state index contributed by atoms with van der Waals surface area (Å²) in [5.41, 5.74) is -3.36. The van der Waals surface area contributed by atoms with Gasteiger partial charge >= 0.3 is 6.09 Å². The maximum atomic E-state index is 15.0. The maximum Gasteiger partial charge on any atom is 0.410 e. The predicted octanol–water partition coefficient (Wildman–Crippen LogP) is 0.397. The first-order valence-electron chi connectivity index (χ1n) is 11.0. The number of nitrogens with zero attached hydrogens (tertiary/aromatic N) is 2. The molecule has 0 aromatic carbocycles. The van der Waals surface area contributed by atoms with E-state index in [9.17, 15) is 28.4 Å². The molecule has 3 saturated heterocycles. The highest BCUT2D eigenvalue weighted by Gasteiger charge is 2.64. The quantitative estimate of drug-likeness (QED) is 0.569. The lowest BCUT2D eigenvalue weighted by Crippen LogP contribution is -2.60. The zero-order valence-electron chi connectivity index (χ0n) is 18.8. The molecule has 33 heavy (non-hydrogen) atoms. The largest absolute Gasteiger partial charge is 0.436 e. The zero-order valence-corrected chi connectivity index (χ0v) is 18.8. The van der Waals surface area contributed by atoms with Gasteiger partial charge in [-0.3, -0.25) is 29.4 Å². The molecule has 178 valence electrons. The van der Waals surface area contributed by atoms with Gasteiger partial charge in [0.1, 0.15) is 11.7 Å². The van der Waals surface area contributed by atoms with Gasteiger partial charge in [-0.25, -0.2) is 9.18 Å². The van der Waals surface area contributed by atoms with E-state index in [1.54, 1.807) is 20.8 Å².